The first kappa shape index (κ1) is 18.2. The van der Waals surface area contributed by atoms with Crippen LogP contribution < -0.4 is 4.74 Å². The van der Waals surface area contributed by atoms with Crippen molar-refractivity contribution in [2.24, 2.45) is 0 Å². The lowest BCUT2D eigenvalue weighted by Gasteiger charge is -2.28. The van der Waals surface area contributed by atoms with E-state index in [0.29, 0.717) is 43.4 Å². The number of amides is 1. The summed E-state index contributed by atoms with van der Waals surface area (Å²) in [6, 6.07) is 14.8. The normalized spacial score (nSPS) is 14.4. The van der Waals surface area contributed by atoms with Gasteiger partial charge in [0.25, 0.3) is 5.91 Å². The van der Waals surface area contributed by atoms with Crippen LogP contribution in [0.3, 0.4) is 0 Å². The summed E-state index contributed by atoms with van der Waals surface area (Å²) in [5.41, 5.74) is 2.74. The zero-order chi connectivity index (χ0) is 19.5. The number of carbonyl (C=O) groups excluding carboxylic acids is 1. The van der Waals surface area contributed by atoms with Crippen LogP contribution in [0.2, 0.25) is 0 Å². The Kier molecular flexibility index (Phi) is 5.08. The molecule has 3 aromatic rings. The second-order valence-electron chi connectivity index (χ2n) is 6.61. The Morgan fingerprint density at radius 1 is 1.21 bits per heavy atom. The van der Waals surface area contributed by atoms with E-state index in [4.69, 9.17) is 4.74 Å². The van der Waals surface area contributed by atoms with Gasteiger partial charge in [0, 0.05) is 12.7 Å². The van der Waals surface area contributed by atoms with Crippen LogP contribution in [-0.4, -0.2) is 43.8 Å². The number of rotatable bonds is 5. The summed E-state index contributed by atoms with van der Waals surface area (Å²) in [6.45, 7) is 3.85. The fraction of sp³-hybridized carbons (Fsp3) is 0.286. The van der Waals surface area contributed by atoms with Gasteiger partial charge in [-0.3, -0.25) is 9.48 Å². The lowest BCUT2D eigenvalue weighted by molar-refractivity contribution is 0.0700. The van der Waals surface area contributed by atoms with E-state index in [0.717, 1.165) is 11.3 Å². The highest BCUT2D eigenvalue weighted by atomic mass is 16.5. The van der Waals surface area contributed by atoms with Gasteiger partial charge in [0.15, 0.2) is 0 Å². The topological polar surface area (TPSA) is 80.5 Å². The van der Waals surface area contributed by atoms with Crippen molar-refractivity contribution in [2.75, 3.05) is 13.2 Å². The van der Waals surface area contributed by atoms with Crippen LogP contribution in [0, 0.1) is 0 Å². The average Bonchev–Trinajstić information content (AvgIpc) is 3.17. The third kappa shape index (κ3) is 3.48. The predicted molar refractivity (Wildman–Crippen MR) is 103 cm³/mol. The van der Waals surface area contributed by atoms with Crippen molar-refractivity contribution in [3.05, 3.63) is 77.2 Å². The molecule has 0 spiro atoms. The standard InChI is InChI=1S/C21H22N4O3/c1-2-28-20-17(9-6-10-22-20)21(27)24-11-12-25-16(14-24)13-18(23-25)19(26)15-7-4-3-5-8-15/h3-10,13,19,26H,2,11-12,14H2,1H3. The van der Waals surface area contributed by atoms with Gasteiger partial charge in [0.2, 0.25) is 5.88 Å². The van der Waals surface area contributed by atoms with E-state index in [1.165, 1.54) is 0 Å². The molecule has 4 rings (SSSR count). The van der Waals surface area contributed by atoms with Crippen LogP contribution in [0.25, 0.3) is 0 Å². The molecule has 0 saturated carbocycles. The van der Waals surface area contributed by atoms with Crippen molar-refractivity contribution in [1.29, 1.82) is 0 Å². The van der Waals surface area contributed by atoms with Crippen molar-refractivity contribution in [3.8, 4) is 5.88 Å². The molecule has 2 aromatic heterocycles. The smallest absolute Gasteiger partial charge is 0.259 e. The maximum atomic E-state index is 13.0. The van der Waals surface area contributed by atoms with Gasteiger partial charge in [-0.15, -0.1) is 0 Å². The average molecular weight is 378 g/mol. The Morgan fingerprint density at radius 3 is 2.82 bits per heavy atom. The number of hydrogen-bond acceptors (Lipinski definition) is 5. The maximum Gasteiger partial charge on any atom is 0.259 e. The van der Waals surface area contributed by atoms with Crippen molar-refractivity contribution in [1.82, 2.24) is 19.7 Å². The summed E-state index contributed by atoms with van der Waals surface area (Å²) in [4.78, 5) is 18.9. The third-order valence-electron chi connectivity index (χ3n) is 4.78. The van der Waals surface area contributed by atoms with E-state index in [2.05, 4.69) is 10.1 Å². The molecule has 1 aliphatic heterocycles. The van der Waals surface area contributed by atoms with Crippen LogP contribution in [0.4, 0.5) is 0 Å². The summed E-state index contributed by atoms with van der Waals surface area (Å²) in [7, 11) is 0. The van der Waals surface area contributed by atoms with Gasteiger partial charge in [-0.2, -0.15) is 5.10 Å². The fourth-order valence-corrected chi connectivity index (χ4v) is 3.38. The Hall–Kier alpha value is -3.19. The molecule has 0 saturated heterocycles. The highest BCUT2D eigenvalue weighted by Crippen LogP contribution is 2.25. The van der Waals surface area contributed by atoms with Crippen LogP contribution in [-0.2, 0) is 13.1 Å². The molecule has 0 radical (unpaired) electrons. The lowest BCUT2D eigenvalue weighted by Crippen LogP contribution is -2.38. The van der Waals surface area contributed by atoms with Gasteiger partial charge >= 0.3 is 0 Å². The zero-order valence-corrected chi connectivity index (χ0v) is 15.7. The number of pyridine rings is 1. The number of benzene rings is 1. The van der Waals surface area contributed by atoms with E-state index in [1.807, 2.05) is 48.0 Å². The molecule has 3 heterocycles. The molecule has 1 N–H and O–H groups in total. The number of ether oxygens (including phenoxy) is 1. The van der Waals surface area contributed by atoms with Crippen molar-refractivity contribution >= 4 is 5.91 Å². The number of aliphatic hydroxyl groups is 1. The first-order valence-corrected chi connectivity index (χ1v) is 9.34. The SMILES string of the molecule is CCOc1ncccc1C(=O)N1CCn2nc(C(O)c3ccccc3)cc2C1. The fourth-order valence-electron chi connectivity index (χ4n) is 3.38. The number of fused-ring (bicyclic) bond motifs is 1. The molecule has 1 amide bonds. The van der Waals surface area contributed by atoms with Gasteiger partial charge in [0.1, 0.15) is 11.7 Å². The molecule has 1 unspecified atom stereocenters. The summed E-state index contributed by atoms with van der Waals surface area (Å²) >= 11 is 0. The lowest BCUT2D eigenvalue weighted by atomic mass is 10.1. The minimum Gasteiger partial charge on any atom is -0.477 e. The molecule has 7 nitrogen and oxygen atoms in total. The molecule has 0 fully saturated rings. The van der Waals surface area contributed by atoms with Gasteiger partial charge < -0.3 is 14.7 Å². The second kappa shape index (κ2) is 7.82. The highest BCUT2D eigenvalue weighted by Gasteiger charge is 2.27. The Balaban J connectivity index is 1.54. The van der Waals surface area contributed by atoms with E-state index in [9.17, 15) is 9.90 Å². The van der Waals surface area contributed by atoms with E-state index < -0.39 is 6.10 Å². The maximum absolute atomic E-state index is 13.0. The van der Waals surface area contributed by atoms with Crippen LogP contribution >= 0.6 is 0 Å². The van der Waals surface area contributed by atoms with Gasteiger partial charge in [-0.25, -0.2) is 4.98 Å². The molecule has 7 heteroatoms. The summed E-state index contributed by atoms with van der Waals surface area (Å²) < 4.78 is 7.35. The number of carbonyl (C=O) groups is 1. The molecule has 0 aliphatic carbocycles. The molecular formula is C21H22N4O3. The quantitative estimate of drug-likeness (QED) is 0.737. The Bertz CT molecular complexity index is 971. The van der Waals surface area contributed by atoms with E-state index in [-0.39, 0.29) is 5.91 Å². The Morgan fingerprint density at radius 2 is 2.04 bits per heavy atom. The van der Waals surface area contributed by atoms with Crippen LogP contribution in [0.1, 0.15) is 40.3 Å². The van der Waals surface area contributed by atoms with Gasteiger partial charge in [-0.05, 0) is 30.7 Å². The third-order valence-corrected chi connectivity index (χ3v) is 4.78. The molecule has 1 aromatic carbocycles. The summed E-state index contributed by atoms with van der Waals surface area (Å²) in [5.74, 6) is 0.239. The first-order chi connectivity index (χ1) is 13.7. The van der Waals surface area contributed by atoms with Gasteiger partial charge in [-0.1, -0.05) is 30.3 Å². The number of nitrogens with zero attached hydrogens (tertiary/aromatic N) is 4. The van der Waals surface area contributed by atoms with Crippen molar-refractivity contribution in [3.63, 3.8) is 0 Å². The largest absolute Gasteiger partial charge is 0.477 e. The number of aromatic nitrogens is 3. The number of hydrogen-bond donors (Lipinski definition) is 1. The molecular weight excluding hydrogens is 356 g/mol. The zero-order valence-electron chi connectivity index (χ0n) is 15.7. The van der Waals surface area contributed by atoms with E-state index in [1.54, 1.807) is 23.2 Å². The molecule has 144 valence electrons. The summed E-state index contributed by atoms with van der Waals surface area (Å²) in [6.07, 6.45) is 0.830. The summed E-state index contributed by atoms with van der Waals surface area (Å²) in [5, 5.41) is 15.1. The molecule has 1 aliphatic rings. The Labute approximate surface area is 163 Å². The number of aliphatic hydroxyl groups excluding tert-OH is 1. The molecule has 0 bridgehead atoms. The minimum absolute atomic E-state index is 0.117. The van der Waals surface area contributed by atoms with Gasteiger partial charge in [0.05, 0.1) is 31.1 Å². The highest BCUT2D eigenvalue weighted by molar-refractivity contribution is 5.96. The predicted octanol–water partition coefficient (Wildman–Crippen LogP) is 2.41. The minimum atomic E-state index is -0.786. The van der Waals surface area contributed by atoms with Crippen LogP contribution in [0.15, 0.2) is 54.7 Å². The van der Waals surface area contributed by atoms with Crippen LogP contribution in [0.5, 0.6) is 5.88 Å². The first-order valence-electron chi connectivity index (χ1n) is 9.34. The van der Waals surface area contributed by atoms with Crippen molar-refractivity contribution < 1.29 is 14.6 Å². The molecule has 1 atom stereocenters. The molecule has 28 heavy (non-hydrogen) atoms. The van der Waals surface area contributed by atoms with Crippen molar-refractivity contribution in [2.45, 2.75) is 26.1 Å². The second-order valence-corrected chi connectivity index (χ2v) is 6.61. The monoisotopic (exact) mass is 378 g/mol. The van der Waals surface area contributed by atoms with E-state index >= 15 is 0 Å².